The van der Waals surface area contributed by atoms with Crippen LogP contribution in [-0.4, -0.2) is 21.5 Å². The van der Waals surface area contributed by atoms with Crippen LogP contribution >= 0.6 is 11.6 Å². The lowest BCUT2D eigenvalue weighted by atomic mass is 10.1. The van der Waals surface area contributed by atoms with E-state index in [0.717, 1.165) is 5.56 Å². The summed E-state index contributed by atoms with van der Waals surface area (Å²) < 4.78 is 13.5. The fourth-order valence-corrected chi connectivity index (χ4v) is 2.29. The summed E-state index contributed by atoms with van der Waals surface area (Å²) >= 11 is 6.07. The zero-order chi connectivity index (χ0) is 16.6. The SMILES string of the molecule is Cc1ccc(-c2ncc(CNC(=O)C3(F)CC3)c(=O)[nH]2)cc1Cl. The molecule has 0 spiro atoms. The van der Waals surface area contributed by atoms with Crippen LogP contribution in [-0.2, 0) is 11.3 Å². The number of carbonyl (C=O) groups is 1. The lowest BCUT2D eigenvalue weighted by Crippen LogP contribution is -2.34. The number of halogens is 2. The third-order valence-corrected chi connectivity index (χ3v) is 4.26. The van der Waals surface area contributed by atoms with Crippen molar-refractivity contribution < 1.29 is 9.18 Å². The van der Waals surface area contributed by atoms with Gasteiger partial charge in [0.2, 0.25) is 0 Å². The Hall–Kier alpha value is -2.21. The first-order valence-electron chi connectivity index (χ1n) is 7.21. The highest BCUT2D eigenvalue weighted by molar-refractivity contribution is 6.31. The van der Waals surface area contributed by atoms with Crippen LogP contribution in [0.5, 0.6) is 0 Å². The van der Waals surface area contributed by atoms with E-state index in [0.29, 0.717) is 16.4 Å². The molecule has 1 aromatic carbocycles. The zero-order valence-corrected chi connectivity index (χ0v) is 13.2. The Bertz CT molecular complexity index is 830. The molecule has 0 atom stereocenters. The van der Waals surface area contributed by atoms with Crippen molar-refractivity contribution in [1.29, 1.82) is 0 Å². The average molecular weight is 336 g/mol. The highest BCUT2D eigenvalue weighted by Gasteiger charge is 2.50. The van der Waals surface area contributed by atoms with E-state index >= 15 is 0 Å². The molecule has 0 saturated heterocycles. The summed E-state index contributed by atoms with van der Waals surface area (Å²) in [7, 11) is 0. The number of benzene rings is 1. The second-order valence-electron chi connectivity index (χ2n) is 5.70. The fraction of sp³-hybridized carbons (Fsp3) is 0.312. The number of hydrogen-bond donors (Lipinski definition) is 2. The highest BCUT2D eigenvalue weighted by Crippen LogP contribution is 2.39. The Kier molecular flexibility index (Phi) is 3.93. The van der Waals surface area contributed by atoms with Crippen molar-refractivity contribution in [2.24, 2.45) is 0 Å². The van der Waals surface area contributed by atoms with Gasteiger partial charge in [0.25, 0.3) is 11.5 Å². The van der Waals surface area contributed by atoms with Gasteiger partial charge in [-0.15, -0.1) is 0 Å². The fourth-order valence-electron chi connectivity index (χ4n) is 2.10. The van der Waals surface area contributed by atoms with E-state index in [1.807, 2.05) is 13.0 Å². The lowest BCUT2D eigenvalue weighted by Gasteiger charge is -2.08. The number of hydrogen-bond acceptors (Lipinski definition) is 3. The summed E-state index contributed by atoms with van der Waals surface area (Å²) in [5, 5.41) is 3.01. The third kappa shape index (κ3) is 3.27. The Morgan fingerprint density at radius 1 is 1.48 bits per heavy atom. The Morgan fingerprint density at radius 3 is 2.83 bits per heavy atom. The molecule has 0 aliphatic heterocycles. The molecule has 1 saturated carbocycles. The van der Waals surface area contributed by atoms with E-state index in [1.165, 1.54) is 6.20 Å². The Labute approximate surface area is 136 Å². The number of aryl methyl sites for hydroxylation is 1. The molecule has 1 aliphatic rings. The minimum Gasteiger partial charge on any atom is -0.349 e. The first kappa shape index (κ1) is 15.7. The topological polar surface area (TPSA) is 74.8 Å². The number of rotatable bonds is 4. The molecule has 5 nitrogen and oxygen atoms in total. The van der Waals surface area contributed by atoms with Crippen molar-refractivity contribution in [2.45, 2.75) is 32.0 Å². The van der Waals surface area contributed by atoms with Gasteiger partial charge in [0, 0.05) is 23.3 Å². The van der Waals surface area contributed by atoms with Gasteiger partial charge >= 0.3 is 0 Å². The monoisotopic (exact) mass is 335 g/mol. The van der Waals surface area contributed by atoms with Crippen LogP contribution in [0.15, 0.2) is 29.2 Å². The van der Waals surface area contributed by atoms with Crippen molar-refractivity contribution in [2.75, 3.05) is 0 Å². The smallest absolute Gasteiger partial charge is 0.257 e. The molecule has 120 valence electrons. The summed E-state index contributed by atoms with van der Waals surface area (Å²) in [4.78, 5) is 30.4. The van der Waals surface area contributed by atoms with Crippen LogP contribution in [0.3, 0.4) is 0 Å². The second-order valence-corrected chi connectivity index (χ2v) is 6.11. The molecule has 1 aliphatic carbocycles. The van der Waals surface area contributed by atoms with Crippen molar-refractivity contribution in [3.63, 3.8) is 0 Å². The Balaban J connectivity index is 1.76. The van der Waals surface area contributed by atoms with Crippen LogP contribution in [0.1, 0.15) is 24.0 Å². The zero-order valence-electron chi connectivity index (χ0n) is 12.5. The predicted molar refractivity (Wildman–Crippen MR) is 85.0 cm³/mol. The maximum atomic E-state index is 13.5. The molecule has 2 aromatic rings. The number of nitrogens with zero attached hydrogens (tertiary/aromatic N) is 1. The van der Waals surface area contributed by atoms with Crippen molar-refractivity contribution in [3.05, 3.63) is 50.9 Å². The van der Waals surface area contributed by atoms with Gasteiger partial charge in [-0.05, 0) is 31.4 Å². The number of alkyl halides is 1. The van der Waals surface area contributed by atoms with E-state index in [4.69, 9.17) is 11.6 Å². The molecule has 1 aromatic heterocycles. The first-order valence-corrected chi connectivity index (χ1v) is 7.59. The van der Waals surface area contributed by atoms with E-state index in [1.54, 1.807) is 12.1 Å². The van der Waals surface area contributed by atoms with Crippen molar-refractivity contribution >= 4 is 17.5 Å². The number of H-pyrrole nitrogens is 1. The molecule has 1 heterocycles. The van der Waals surface area contributed by atoms with Crippen molar-refractivity contribution in [3.8, 4) is 11.4 Å². The normalized spacial score (nSPS) is 15.3. The molecule has 0 bridgehead atoms. The quantitative estimate of drug-likeness (QED) is 0.901. The molecule has 1 fully saturated rings. The van der Waals surface area contributed by atoms with Gasteiger partial charge in [0.05, 0.1) is 5.56 Å². The van der Waals surface area contributed by atoms with Crippen LogP contribution in [0.2, 0.25) is 5.02 Å². The van der Waals surface area contributed by atoms with Gasteiger partial charge in [-0.3, -0.25) is 9.59 Å². The molecular formula is C16H15ClFN3O2. The summed E-state index contributed by atoms with van der Waals surface area (Å²) in [5.74, 6) is -0.289. The summed E-state index contributed by atoms with van der Waals surface area (Å²) in [5.41, 5.74) is -0.245. The van der Waals surface area contributed by atoms with E-state index in [2.05, 4.69) is 15.3 Å². The number of aromatic amines is 1. The molecule has 3 rings (SSSR count). The van der Waals surface area contributed by atoms with Crippen LogP contribution in [0.25, 0.3) is 11.4 Å². The van der Waals surface area contributed by atoms with Crippen LogP contribution in [0.4, 0.5) is 4.39 Å². The van der Waals surface area contributed by atoms with Gasteiger partial charge in [-0.1, -0.05) is 23.7 Å². The molecule has 23 heavy (non-hydrogen) atoms. The van der Waals surface area contributed by atoms with E-state index in [-0.39, 0.29) is 30.5 Å². The molecule has 0 unspecified atom stereocenters. The molecule has 2 N–H and O–H groups in total. The summed E-state index contributed by atoms with van der Waals surface area (Å²) in [6, 6.07) is 5.36. The minimum atomic E-state index is -1.75. The van der Waals surface area contributed by atoms with Gasteiger partial charge in [-0.2, -0.15) is 0 Å². The summed E-state index contributed by atoms with van der Waals surface area (Å²) in [6.45, 7) is 1.83. The maximum Gasteiger partial charge on any atom is 0.257 e. The standard InChI is InChI=1S/C16H15ClFN3O2/c1-9-2-3-10(6-12(9)17)13-19-7-11(14(22)21-13)8-20-15(23)16(18)4-5-16/h2-3,6-7H,4-5,8H2,1H3,(H,20,23)(H,19,21,22). The van der Waals surface area contributed by atoms with Gasteiger partial charge in [0.15, 0.2) is 5.67 Å². The van der Waals surface area contributed by atoms with Gasteiger partial charge in [0.1, 0.15) is 5.82 Å². The third-order valence-electron chi connectivity index (χ3n) is 3.85. The number of nitrogens with one attached hydrogen (secondary N) is 2. The van der Waals surface area contributed by atoms with E-state index < -0.39 is 11.6 Å². The molecule has 7 heteroatoms. The Morgan fingerprint density at radius 2 is 2.22 bits per heavy atom. The average Bonchev–Trinajstić information content (AvgIpc) is 3.27. The number of amides is 1. The lowest BCUT2D eigenvalue weighted by molar-refractivity contribution is -0.127. The molecule has 1 amide bonds. The molecular weight excluding hydrogens is 321 g/mol. The second kappa shape index (κ2) is 5.77. The van der Waals surface area contributed by atoms with E-state index in [9.17, 15) is 14.0 Å². The maximum absolute atomic E-state index is 13.5. The largest absolute Gasteiger partial charge is 0.349 e. The van der Waals surface area contributed by atoms with Crippen molar-refractivity contribution in [1.82, 2.24) is 15.3 Å². The highest BCUT2D eigenvalue weighted by atomic mass is 35.5. The number of carbonyl (C=O) groups excluding carboxylic acids is 1. The predicted octanol–water partition coefficient (Wildman–Crippen LogP) is 2.52. The van der Waals surface area contributed by atoms with Crippen LogP contribution < -0.4 is 10.9 Å². The number of aromatic nitrogens is 2. The van der Waals surface area contributed by atoms with Gasteiger partial charge in [-0.25, -0.2) is 9.37 Å². The summed E-state index contributed by atoms with van der Waals surface area (Å²) in [6.07, 6.45) is 1.85. The van der Waals surface area contributed by atoms with Gasteiger partial charge < -0.3 is 10.3 Å². The molecule has 0 radical (unpaired) electrons. The first-order chi connectivity index (χ1) is 10.9. The van der Waals surface area contributed by atoms with Crippen LogP contribution in [0, 0.1) is 6.92 Å². The minimum absolute atomic E-state index is 0.0538.